The Hall–Kier alpha value is -2.94. The summed E-state index contributed by atoms with van der Waals surface area (Å²) in [6, 6.07) is 19.4. The van der Waals surface area contributed by atoms with Gasteiger partial charge in [0.25, 0.3) is 0 Å². The van der Waals surface area contributed by atoms with Crippen molar-refractivity contribution in [1.82, 2.24) is 4.98 Å². The van der Waals surface area contributed by atoms with Crippen LogP contribution in [0.2, 0.25) is 0 Å². The van der Waals surface area contributed by atoms with E-state index in [0.29, 0.717) is 12.2 Å². The van der Waals surface area contributed by atoms with E-state index >= 15 is 0 Å². The minimum absolute atomic E-state index is 0.481. The van der Waals surface area contributed by atoms with Crippen LogP contribution in [-0.4, -0.2) is 11.3 Å². The Morgan fingerprint density at radius 1 is 0.909 bits per heavy atom. The van der Waals surface area contributed by atoms with Crippen molar-refractivity contribution in [3.63, 3.8) is 0 Å². The second-order valence-corrected chi connectivity index (χ2v) is 4.85. The highest BCUT2D eigenvalue weighted by Gasteiger charge is 2.10. The maximum absolute atomic E-state index is 11.2. The lowest BCUT2D eigenvalue weighted by molar-refractivity contribution is 0.112. The van der Waals surface area contributed by atoms with Crippen LogP contribution in [0.1, 0.15) is 15.9 Å². The maximum atomic E-state index is 11.2. The van der Waals surface area contributed by atoms with Crippen LogP contribution >= 0.6 is 0 Å². The Balaban J connectivity index is 1.91. The highest BCUT2D eigenvalue weighted by atomic mass is 16.5. The lowest BCUT2D eigenvalue weighted by atomic mass is 10.0. The van der Waals surface area contributed by atoms with Crippen molar-refractivity contribution in [2.45, 2.75) is 6.61 Å². The number of aldehydes is 1. The largest absolute Gasteiger partial charge is 0.488 e. The molecule has 0 N–H and O–H groups in total. The summed E-state index contributed by atoms with van der Waals surface area (Å²) >= 11 is 0. The third-order valence-corrected chi connectivity index (χ3v) is 3.40. The van der Waals surface area contributed by atoms with Gasteiger partial charge in [-0.15, -0.1) is 0 Å². The van der Waals surface area contributed by atoms with Crippen molar-refractivity contribution < 1.29 is 9.53 Å². The third-order valence-electron chi connectivity index (χ3n) is 3.40. The summed E-state index contributed by atoms with van der Waals surface area (Å²) in [4.78, 5) is 15.3. The van der Waals surface area contributed by atoms with Gasteiger partial charge in [-0.1, -0.05) is 48.5 Å². The topological polar surface area (TPSA) is 39.2 Å². The van der Waals surface area contributed by atoms with Gasteiger partial charge in [0.1, 0.15) is 12.4 Å². The van der Waals surface area contributed by atoms with Crippen LogP contribution in [-0.2, 0) is 6.61 Å². The summed E-state index contributed by atoms with van der Waals surface area (Å²) < 4.78 is 5.93. The van der Waals surface area contributed by atoms with Crippen molar-refractivity contribution >= 4 is 6.29 Å². The fraction of sp³-hybridized carbons (Fsp3) is 0.0526. The van der Waals surface area contributed by atoms with Crippen molar-refractivity contribution in [3.05, 3.63) is 84.2 Å². The molecule has 0 atom stereocenters. The highest BCUT2D eigenvalue weighted by molar-refractivity contribution is 5.88. The first-order valence-corrected chi connectivity index (χ1v) is 7.04. The molecule has 3 heteroatoms. The molecular weight excluding hydrogens is 274 g/mol. The minimum atomic E-state index is 0.481. The van der Waals surface area contributed by atoms with Gasteiger partial charge >= 0.3 is 0 Å². The van der Waals surface area contributed by atoms with Crippen molar-refractivity contribution in [1.29, 1.82) is 0 Å². The van der Waals surface area contributed by atoms with Crippen LogP contribution in [0.15, 0.2) is 73.1 Å². The van der Waals surface area contributed by atoms with E-state index < -0.39 is 0 Å². The van der Waals surface area contributed by atoms with Gasteiger partial charge in [-0.2, -0.15) is 0 Å². The fourth-order valence-corrected chi connectivity index (χ4v) is 2.28. The second-order valence-electron chi connectivity index (χ2n) is 4.85. The van der Waals surface area contributed by atoms with Gasteiger partial charge in [-0.3, -0.25) is 9.78 Å². The minimum Gasteiger partial charge on any atom is -0.488 e. The number of ether oxygens (including phenoxy) is 1. The van der Waals surface area contributed by atoms with Crippen LogP contribution in [0.5, 0.6) is 5.75 Å². The molecule has 108 valence electrons. The van der Waals surface area contributed by atoms with Gasteiger partial charge < -0.3 is 4.74 Å². The molecule has 0 unspecified atom stereocenters. The Labute approximate surface area is 129 Å². The quantitative estimate of drug-likeness (QED) is 0.663. The monoisotopic (exact) mass is 289 g/mol. The summed E-state index contributed by atoms with van der Waals surface area (Å²) in [5.41, 5.74) is 3.35. The van der Waals surface area contributed by atoms with E-state index in [9.17, 15) is 4.79 Å². The average Bonchev–Trinajstić information content (AvgIpc) is 2.61. The van der Waals surface area contributed by atoms with Gasteiger partial charge in [0.2, 0.25) is 0 Å². The molecule has 0 aliphatic carbocycles. The molecule has 0 aliphatic heterocycles. The van der Waals surface area contributed by atoms with E-state index in [0.717, 1.165) is 28.7 Å². The molecule has 0 bridgehead atoms. The standard InChI is InChI=1S/C19H15NO2/c21-13-16-10-11-20-12-18(16)17-8-4-5-9-19(17)22-14-15-6-2-1-3-7-15/h1-13H,14H2. The number of pyridine rings is 1. The van der Waals surface area contributed by atoms with Crippen molar-refractivity contribution in [2.24, 2.45) is 0 Å². The fourth-order valence-electron chi connectivity index (χ4n) is 2.28. The van der Waals surface area contributed by atoms with Gasteiger partial charge in [0.15, 0.2) is 6.29 Å². The Bertz CT molecular complexity index is 769. The average molecular weight is 289 g/mol. The molecule has 0 saturated carbocycles. The van der Waals surface area contributed by atoms with E-state index in [1.807, 2.05) is 54.6 Å². The maximum Gasteiger partial charge on any atom is 0.150 e. The highest BCUT2D eigenvalue weighted by Crippen LogP contribution is 2.31. The van der Waals surface area contributed by atoms with Crippen LogP contribution in [0.3, 0.4) is 0 Å². The zero-order valence-corrected chi connectivity index (χ0v) is 12.0. The molecule has 22 heavy (non-hydrogen) atoms. The van der Waals surface area contributed by atoms with Gasteiger partial charge in [0, 0.05) is 29.1 Å². The molecule has 2 aromatic carbocycles. The number of nitrogens with zero attached hydrogens (tertiary/aromatic N) is 1. The van der Waals surface area contributed by atoms with Gasteiger partial charge in [-0.05, 0) is 17.7 Å². The first kappa shape index (κ1) is 14.0. The third kappa shape index (κ3) is 3.04. The molecule has 1 aromatic heterocycles. The molecular formula is C19H15NO2. The first-order valence-electron chi connectivity index (χ1n) is 7.04. The summed E-state index contributed by atoms with van der Waals surface area (Å²) in [6.07, 6.45) is 4.14. The number of hydrogen-bond donors (Lipinski definition) is 0. The molecule has 3 aromatic rings. The molecule has 0 aliphatic rings. The number of benzene rings is 2. The molecule has 0 spiro atoms. The van der Waals surface area contributed by atoms with E-state index in [-0.39, 0.29) is 0 Å². The number of rotatable bonds is 5. The molecule has 0 fully saturated rings. The lowest BCUT2D eigenvalue weighted by Gasteiger charge is -2.12. The smallest absolute Gasteiger partial charge is 0.150 e. The molecule has 0 amide bonds. The van der Waals surface area contributed by atoms with Gasteiger partial charge in [0.05, 0.1) is 0 Å². The summed E-state index contributed by atoms with van der Waals surface area (Å²) in [7, 11) is 0. The van der Waals surface area contributed by atoms with Crippen LogP contribution in [0.25, 0.3) is 11.1 Å². The van der Waals surface area contributed by atoms with E-state index in [2.05, 4.69) is 4.98 Å². The summed E-state index contributed by atoms with van der Waals surface area (Å²) in [5, 5.41) is 0. The molecule has 3 nitrogen and oxygen atoms in total. The van der Waals surface area contributed by atoms with E-state index in [1.54, 1.807) is 18.5 Å². The second kappa shape index (κ2) is 6.68. The normalized spacial score (nSPS) is 10.2. The number of aromatic nitrogens is 1. The summed E-state index contributed by atoms with van der Waals surface area (Å²) in [5.74, 6) is 0.738. The zero-order chi connectivity index (χ0) is 15.2. The molecule has 0 radical (unpaired) electrons. The predicted octanol–water partition coefficient (Wildman–Crippen LogP) is 4.14. The van der Waals surface area contributed by atoms with Crippen LogP contribution in [0.4, 0.5) is 0 Å². The SMILES string of the molecule is O=Cc1ccncc1-c1ccccc1OCc1ccccc1. The van der Waals surface area contributed by atoms with Crippen LogP contribution < -0.4 is 4.74 Å². The molecule has 3 rings (SSSR count). The van der Waals surface area contributed by atoms with Gasteiger partial charge in [-0.25, -0.2) is 0 Å². The summed E-state index contributed by atoms with van der Waals surface area (Å²) in [6.45, 7) is 0.481. The molecule has 0 saturated heterocycles. The zero-order valence-electron chi connectivity index (χ0n) is 12.0. The first-order chi connectivity index (χ1) is 10.9. The Kier molecular flexibility index (Phi) is 4.25. The Morgan fingerprint density at radius 2 is 1.68 bits per heavy atom. The van der Waals surface area contributed by atoms with E-state index in [1.165, 1.54) is 0 Å². The Morgan fingerprint density at radius 3 is 2.50 bits per heavy atom. The van der Waals surface area contributed by atoms with Crippen molar-refractivity contribution in [2.75, 3.05) is 0 Å². The number of carbonyl (C=O) groups is 1. The number of carbonyl (C=O) groups excluding carboxylic acids is 1. The van der Waals surface area contributed by atoms with Crippen LogP contribution in [0, 0.1) is 0 Å². The molecule has 1 heterocycles. The lowest BCUT2D eigenvalue weighted by Crippen LogP contribution is -1.98. The van der Waals surface area contributed by atoms with E-state index in [4.69, 9.17) is 4.74 Å². The predicted molar refractivity (Wildman–Crippen MR) is 85.8 cm³/mol. The number of hydrogen-bond acceptors (Lipinski definition) is 3. The van der Waals surface area contributed by atoms with Crippen molar-refractivity contribution in [3.8, 4) is 16.9 Å². The number of para-hydroxylation sites is 1.